The van der Waals surface area contributed by atoms with Gasteiger partial charge in [0.15, 0.2) is 0 Å². The Balaban J connectivity index is 1.74. The van der Waals surface area contributed by atoms with Gasteiger partial charge >= 0.3 is 0 Å². The van der Waals surface area contributed by atoms with Crippen LogP contribution in [0.25, 0.3) is 22.5 Å². The van der Waals surface area contributed by atoms with Crippen molar-refractivity contribution >= 4 is 17.9 Å². The molecule has 0 aliphatic heterocycles. The zero-order chi connectivity index (χ0) is 22.5. The molecule has 32 heavy (non-hydrogen) atoms. The highest BCUT2D eigenvalue weighted by molar-refractivity contribution is 5.82. The number of hydrogen-bond donors (Lipinski definition) is 1. The van der Waals surface area contributed by atoms with E-state index in [-0.39, 0.29) is 5.75 Å². The first-order valence-electron chi connectivity index (χ1n) is 10.2. The fourth-order valence-electron chi connectivity index (χ4n) is 3.17. The van der Waals surface area contributed by atoms with E-state index in [9.17, 15) is 5.11 Å². The number of methoxy groups -OCH3 is 1. The summed E-state index contributed by atoms with van der Waals surface area (Å²) < 4.78 is 5.20. The third-order valence-electron chi connectivity index (χ3n) is 5.00. The largest absolute Gasteiger partial charge is 0.508 e. The highest BCUT2D eigenvalue weighted by Gasteiger charge is 2.09. The van der Waals surface area contributed by atoms with Crippen molar-refractivity contribution < 1.29 is 9.84 Å². The maximum atomic E-state index is 9.64. The molecule has 4 aromatic rings. The molecule has 6 nitrogen and oxygen atoms in total. The molecule has 160 valence electrons. The van der Waals surface area contributed by atoms with E-state index in [1.165, 1.54) is 0 Å². The molecule has 0 saturated carbocycles. The summed E-state index contributed by atoms with van der Waals surface area (Å²) in [6, 6.07) is 24.7. The Kier molecular flexibility index (Phi) is 6.12. The van der Waals surface area contributed by atoms with E-state index in [0.717, 1.165) is 39.5 Å². The molecule has 1 heterocycles. The summed E-state index contributed by atoms with van der Waals surface area (Å²) in [5, 5.41) is 9.64. The molecule has 4 rings (SSSR count). The number of benzene rings is 3. The van der Waals surface area contributed by atoms with Gasteiger partial charge in [-0.05, 0) is 72.3 Å². The summed E-state index contributed by atoms with van der Waals surface area (Å²) >= 11 is 0. The van der Waals surface area contributed by atoms with Crippen molar-refractivity contribution in [1.29, 1.82) is 0 Å². The van der Waals surface area contributed by atoms with E-state index < -0.39 is 0 Å². The van der Waals surface area contributed by atoms with Gasteiger partial charge in [-0.15, -0.1) is 0 Å². The fraction of sp³-hybridized carbons (Fsp3) is 0.115. The quantitative estimate of drug-likeness (QED) is 0.423. The Morgan fingerprint density at radius 1 is 0.812 bits per heavy atom. The number of aliphatic imine (C=N–C) groups is 1. The zero-order valence-electron chi connectivity index (χ0n) is 18.2. The minimum Gasteiger partial charge on any atom is -0.508 e. The maximum Gasteiger partial charge on any atom is 0.250 e. The summed E-state index contributed by atoms with van der Waals surface area (Å²) in [6.07, 6.45) is 1.73. The molecule has 1 N–H and O–H groups in total. The predicted molar refractivity (Wildman–Crippen MR) is 129 cm³/mol. The lowest BCUT2D eigenvalue weighted by molar-refractivity contribution is 0.415. The van der Waals surface area contributed by atoms with Crippen molar-refractivity contribution in [3.63, 3.8) is 0 Å². The van der Waals surface area contributed by atoms with Crippen LogP contribution in [-0.2, 0) is 0 Å². The van der Waals surface area contributed by atoms with Gasteiger partial charge in [0.05, 0.1) is 18.5 Å². The number of aromatic nitrogens is 2. The second kappa shape index (κ2) is 9.31. The third-order valence-corrected chi connectivity index (χ3v) is 5.00. The van der Waals surface area contributed by atoms with Crippen LogP contribution in [0.3, 0.4) is 0 Å². The standard InChI is InChI=1S/C26H24N4O2/c1-30(2)21-10-6-19(7-11-21)24-16-25(20-8-12-22(31)13-9-20)29-26(28-24)27-17-18-4-14-23(32-3)15-5-18/h4-17,31H,1-3H3/b27-17+. The van der Waals surface area contributed by atoms with Gasteiger partial charge in [-0.1, -0.05) is 12.1 Å². The molecule has 0 amide bonds. The van der Waals surface area contributed by atoms with Gasteiger partial charge in [-0.2, -0.15) is 0 Å². The van der Waals surface area contributed by atoms with E-state index in [1.54, 1.807) is 25.5 Å². The number of aromatic hydroxyl groups is 1. The molecule has 0 unspecified atom stereocenters. The van der Waals surface area contributed by atoms with Crippen LogP contribution in [-0.4, -0.2) is 42.5 Å². The van der Waals surface area contributed by atoms with E-state index in [1.807, 2.05) is 68.7 Å². The van der Waals surface area contributed by atoms with Gasteiger partial charge in [0.25, 0.3) is 0 Å². The first-order valence-corrected chi connectivity index (χ1v) is 10.2. The van der Waals surface area contributed by atoms with Crippen molar-refractivity contribution in [2.75, 3.05) is 26.1 Å². The Labute approximate surface area is 187 Å². The van der Waals surface area contributed by atoms with E-state index in [0.29, 0.717) is 5.95 Å². The summed E-state index contributed by atoms with van der Waals surface area (Å²) in [5.41, 5.74) is 5.38. The van der Waals surface area contributed by atoms with Crippen molar-refractivity contribution in [2.45, 2.75) is 0 Å². The highest BCUT2D eigenvalue weighted by atomic mass is 16.5. The van der Waals surface area contributed by atoms with Crippen LogP contribution in [0.15, 0.2) is 83.9 Å². The van der Waals surface area contributed by atoms with Gasteiger partial charge in [-0.3, -0.25) is 0 Å². The number of nitrogens with zero attached hydrogens (tertiary/aromatic N) is 4. The second-order valence-corrected chi connectivity index (χ2v) is 7.46. The fourth-order valence-corrected chi connectivity index (χ4v) is 3.17. The molecule has 0 bridgehead atoms. The molecule has 1 aromatic heterocycles. The van der Waals surface area contributed by atoms with Crippen LogP contribution in [0, 0.1) is 0 Å². The van der Waals surface area contributed by atoms with Crippen molar-refractivity contribution in [3.8, 4) is 34.0 Å². The maximum absolute atomic E-state index is 9.64. The number of anilines is 1. The minimum absolute atomic E-state index is 0.208. The lowest BCUT2D eigenvalue weighted by Crippen LogP contribution is -2.07. The van der Waals surface area contributed by atoms with E-state index in [4.69, 9.17) is 4.74 Å². The summed E-state index contributed by atoms with van der Waals surface area (Å²) in [4.78, 5) is 15.9. The second-order valence-electron chi connectivity index (χ2n) is 7.46. The van der Waals surface area contributed by atoms with Crippen LogP contribution < -0.4 is 9.64 Å². The van der Waals surface area contributed by atoms with Crippen LogP contribution >= 0.6 is 0 Å². The first-order chi connectivity index (χ1) is 15.5. The van der Waals surface area contributed by atoms with Gasteiger partial charge < -0.3 is 14.7 Å². The Bertz CT molecular complexity index is 1220. The van der Waals surface area contributed by atoms with Gasteiger partial charge in [0.1, 0.15) is 11.5 Å². The molecular weight excluding hydrogens is 400 g/mol. The van der Waals surface area contributed by atoms with Gasteiger partial charge in [0, 0.05) is 37.1 Å². The number of hydrogen-bond acceptors (Lipinski definition) is 6. The topological polar surface area (TPSA) is 70.8 Å². The average Bonchev–Trinajstić information content (AvgIpc) is 2.83. The Hall–Kier alpha value is -4.19. The molecule has 0 aliphatic rings. The van der Waals surface area contributed by atoms with Crippen LogP contribution in [0.2, 0.25) is 0 Å². The summed E-state index contributed by atoms with van der Waals surface area (Å²) in [5.74, 6) is 1.36. The Morgan fingerprint density at radius 3 is 1.91 bits per heavy atom. The molecule has 0 atom stereocenters. The molecule has 6 heteroatoms. The Morgan fingerprint density at radius 2 is 1.38 bits per heavy atom. The lowest BCUT2D eigenvalue weighted by Gasteiger charge is -2.13. The van der Waals surface area contributed by atoms with Crippen LogP contribution in [0.5, 0.6) is 11.5 Å². The van der Waals surface area contributed by atoms with Crippen molar-refractivity contribution in [2.24, 2.45) is 4.99 Å². The monoisotopic (exact) mass is 424 g/mol. The first kappa shape index (κ1) is 21.1. The molecule has 0 aliphatic carbocycles. The molecule has 0 saturated heterocycles. The van der Waals surface area contributed by atoms with E-state index >= 15 is 0 Å². The van der Waals surface area contributed by atoms with E-state index in [2.05, 4.69) is 32.0 Å². The number of ether oxygens (including phenoxy) is 1. The number of rotatable bonds is 6. The smallest absolute Gasteiger partial charge is 0.250 e. The highest BCUT2D eigenvalue weighted by Crippen LogP contribution is 2.28. The average molecular weight is 425 g/mol. The number of phenolic OH excluding ortho intramolecular Hbond substituents is 1. The summed E-state index contributed by atoms with van der Waals surface area (Å²) in [7, 11) is 5.65. The molecular formula is C26H24N4O2. The number of phenols is 1. The lowest BCUT2D eigenvalue weighted by atomic mass is 10.1. The molecule has 0 fully saturated rings. The normalized spacial score (nSPS) is 11.0. The van der Waals surface area contributed by atoms with Gasteiger partial charge in [0.2, 0.25) is 5.95 Å². The van der Waals surface area contributed by atoms with Crippen molar-refractivity contribution in [3.05, 3.63) is 84.4 Å². The van der Waals surface area contributed by atoms with Crippen molar-refractivity contribution in [1.82, 2.24) is 9.97 Å². The predicted octanol–water partition coefficient (Wildman–Crippen LogP) is 5.34. The van der Waals surface area contributed by atoms with Gasteiger partial charge in [-0.25, -0.2) is 15.0 Å². The molecule has 3 aromatic carbocycles. The zero-order valence-corrected chi connectivity index (χ0v) is 18.2. The molecule has 0 radical (unpaired) electrons. The minimum atomic E-state index is 0.208. The SMILES string of the molecule is COc1ccc(/C=N/c2nc(-c3ccc(O)cc3)cc(-c3ccc(N(C)C)cc3)n2)cc1. The van der Waals surface area contributed by atoms with Crippen LogP contribution in [0.1, 0.15) is 5.56 Å². The van der Waals surface area contributed by atoms with Crippen LogP contribution in [0.4, 0.5) is 11.6 Å². The third kappa shape index (κ3) is 4.92. The summed E-state index contributed by atoms with van der Waals surface area (Å²) in [6.45, 7) is 0. The molecule has 0 spiro atoms.